The number of aryl methyl sites for hydroxylation is 1. The quantitative estimate of drug-likeness (QED) is 0.653. The summed E-state index contributed by atoms with van der Waals surface area (Å²) in [5, 5.41) is 7.93. The molecule has 0 aliphatic heterocycles. The molecule has 134 valence electrons. The third-order valence-corrected chi connectivity index (χ3v) is 4.43. The molecule has 0 saturated heterocycles. The summed E-state index contributed by atoms with van der Waals surface area (Å²) in [4.78, 5) is 16.5. The van der Waals surface area contributed by atoms with E-state index in [0.717, 1.165) is 11.1 Å². The molecular weight excluding hydrogens is 373 g/mol. The average Bonchev–Trinajstić information content (AvgIpc) is 3.09. The number of carbonyl (C=O) groups excluding carboxylic acids is 1. The molecule has 1 N–H and O–H groups in total. The maximum Gasteiger partial charge on any atom is 0.227 e. The number of amides is 1. The van der Waals surface area contributed by atoms with E-state index in [-0.39, 0.29) is 18.4 Å². The molecular formula is C19H17Cl2N3O2. The van der Waals surface area contributed by atoms with E-state index in [1.807, 2.05) is 37.3 Å². The predicted molar refractivity (Wildman–Crippen MR) is 101 cm³/mol. The lowest BCUT2D eigenvalue weighted by molar-refractivity contribution is -0.121. The monoisotopic (exact) mass is 389 g/mol. The zero-order valence-electron chi connectivity index (χ0n) is 14.1. The van der Waals surface area contributed by atoms with E-state index < -0.39 is 0 Å². The highest BCUT2D eigenvalue weighted by molar-refractivity contribution is 6.35. The number of aromatic nitrogens is 2. The minimum absolute atomic E-state index is 0.122. The van der Waals surface area contributed by atoms with Crippen LogP contribution in [0.25, 0.3) is 11.4 Å². The molecule has 0 spiro atoms. The van der Waals surface area contributed by atoms with Crippen molar-refractivity contribution in [3.8, 4) is 11.4 Å². The molecule has 0 fully saturated rings. The lowest BCUT2D eigenvalue weighted by Gasteiger charge is -2.15. The van der Waals surface area contributed by atoms with E-state index in [0.29, 0.717) is 28.2 Å². The SMILES string of the molecule is CC(NC(=O)CCc1nc(-c2ccccc2)no1)c1ccc(Cl)cc1Cl. The molecule has 0 aliphatic carbocycles. The van der Waals surface area contributed by atoms with Crippen molar-refractivity contribution in [2.75, 3.05) is 0 Å². The minimum Gasteiger partial charge on any atom is -0.350 e. The fourth-order valence-corrected chi connectivity index (χ4v) is 3.10. The van der Waals surface area contributed by atoms with E-state index in [1.165, 1.54) is 0 Å². The fourth-order valence-electron chi connectivity index (χ4n) is 2.53. The van der Waals surface area contributed by atoms with Gasteiger partial charge in [0.2, 0.25) is 17.6 Å². The van der Waals surface area contributed by atoms with Crippen molar-refractivity contribution in [1.29, 1.82) is 0 Å². The fraction of sp³-hybridized carbons (Fsp3) is 0.211. The van der Waals surface area contributed by atoms with Gasteiger partial charge in [0, 0.05) is 28.5 Å². The first-order valence-electron chi connectivity index (χ1n) is 8.15. The summed E-state index contributed by atoms with van der Waals surface area (Å²) >= 11 is 12.1. The second-order valence-corrected chi connectivity index (χ2v) is 6.68. The molecule has 1 heterocycles. The van der Waals surface area contributed by atoms with Crippen molar-refractivity contribution in [3.63, 3.8) is 0 Å². The van der Waals surface area contributed by atoms with E-state index in [2.05, 4.69) is 15.5 Å². The molecule has 1 atom stereocenters. The van der Waals surface area contributed by atoms with E-state index in [1.54, 1.807) is 18.2 Å². The Morgan fingerprint density at radius 2 is 1.96 bits per heavy atom. The number of halogens is 2. The van der Waals surface area contributed by atoms with Crippen LogP contribution in [0.1, 0.15) is 30.8 Å². The van der Waals surface area contributed by atoms with E-state index in [9.17, 15) is 4.79 Å². The maximum absolute atomic E-state index is 12.2. The Balaban J connectivity index is 1.55. The Morgan fingerprint density at radius 3 is 2.69 bits per heavy atom. The van der Waals surface area contributed by atoms with E-state index in [4.69, 9.17) is 27.7 Å². The van der Waals surface area contributed by atoms with Gasteiger partial charge in [0.15, 0.2) is 0 Å². The van der Waals surface area contributed by atoms with Crippen molar-refractivity contribution >= 4 is 29.1 Å². The summed E-state index contributed by atoms with van der Waals surface area (Å²) in [6, 6.07) is 14.5. The van der Waals surface area contributed by atoms with Gasteiger partial charge in [-0.25, -0.2) is 0 Å². The van der Waals surface area contributed by atoms with Gasteiger partial charge in [0.1, 0.15) is 0 Å². The van der Waals surface area contributed by atoms with Crippen LogP contribution in [0.5, 0.6) is 0 Å². The molecule has 0 saturated carbocycles. The second kappa shape index (κ2) is 8.34. The highest BCUT2D eigenvalue weighted by Gasteiger charge is 2.15. The van der Waals surface area contributed by atoms with Crippen LogP contribution in [0, 0.1) is 0 Å². The summed E-state index contributed by atoms with van der Waals surface area (Å²) in [6.45, 7) is 1.87. The van der Waals surface area contributed by atoms with Crippen LogP contribution < -0.4 is 5.32 Å². The van der Waals surface area contributed by atoms with Gasteiger partial charge in [-0.2, -0.15) is 4.98 Å². The molecule has 1 unspecified atom stereocenters. The molecule has 0 bridgehead atoms. The Morgan fingerprint density at radius 1 is 1.19 bits per heavy atom. The summed E-state index contributed by atoms with van der Waals surface area (Å²) in [7, 11) is 0. The number of hydrogen-bond acceptors (Lipinski definition) is 4. The Hall–Kier alpha value is -2.37. The van der Waals surface area contributed by atoms with Crippen LogP contribution >= 0.6 is 23.2 Å². The van der Waals surface area contributed by atoms with Crippen LogP contribution in [-0.2, 0) is 11.2 Å². The van der Waals surface area contributed by atoms with Gasteiger partial charge < -0.3 is 9.84 Å². The normalized spacial score (nSPS) is 12.0. The van der Waals surface area contributed by atoms with Crippen molar-refractivity contribution in [2.45, 2.75) is 25.8 Å². The third-order valence-electron chi connectivity index (χ3n) is 3.87. The molecule has 7 heteroatoms. The van der Waals surface area contributed by atoms with Crippen LogP contribution in [-0.4, -0.2) is 16.0 Å². The van der Waals surface area contributed by atoms with Gasteiger partial charge in [-0.05, 0) is 24.6 Å². The number of nitrogens with one attached hydrogen (secondary N) is 1. The molecule has 26 heavy (non-hydrogen) atoms. The number of benzene rings is 2. The zero-order chi connectivity index (χ0) is 18.5. The molecule has 1 aromatic heterocycles. The summed E-state index contributed by atoms with van der Waals surface area (Å²) in [5.74, 6) is 0.821. The number of nitrogens with zero attached hydrogens (tertiary/aromatic N) is 2. The largest absolute Gasteiger partial charge is 0.350 e. The van der Waals surface area contributed by atoms with E-state index >= 15 is 0 Å². The van der Waals surface area contributed by atoms with Crippen LogP contribution in [0.4, 0.5) is 0 Å². The zero-order valence-corrected chi connectivity index (χ0v) is 15.6. The van der Waals surface area contributed by atoms with Gasteiger partial charge >= 0.3 is 0 Å². The third kappa shape index (κ3) is 4.62. The van der Waals surface area contributed by atoms with Crippen molar-refractivity contribution in [1.82, 2.24) is 15.5 Å². The highest BCUT2D eigenvalue weighted by atomic mass is 35.5. The summed E-state index contributed by atoms with van der Waals surface area (Å²) in [5.41, 5.74) is 1.69. The Bertz CT molecular complexity index is 897. The van der Waals surface area contributed by atoms with Crippen LogP contribution in [0.2, 0.25) is 10.0 Å². The average molecular weight is 390 g/mol. The van der Waals surface area contributed by atoms with Gasteiger partial charge in [0.25, 0.3) is 0 Å². The van der Waals surface area contributed by atoms with Gasteiger partial charge in [-0.3, -0.25) is 4.79 Å². The van der Waals surface area contributed by atoms with Crippen molar-refractivity contribution in [3.05, 3.63) is 70.0 Å². The molecule has 1 amide bonds. The first-order chi connectivity index (χ1) is 12.5. The molecule has 5 nitrogen and oxygen atoms in total. The highest BCUT2D eigenvalue weighted by Crippen LogP contribution is 2.26. The van der Waals surface area contributed by atoms with Crippen molar-refractivity contribution in [2.24, 2.45) is 0 Å². The number of carbonyl (C=O) groups is 1. The minimum atomic E-state index is -0.227. The Labute approximate surface area is 161 Å². The predicted octanol–water partition coefficient (Wildman–Crippen LogP) is 4.85. The Kier molecular flexibility index (Phi) is 5.91. The molecule has 0 aliphatic rings. The number of hydrogen-bond donors (Lipinski definition) is 1. The number of rotatable bonds is 6. The molecule has 2 aromatic carbocycles. The summed E-state index contributed by atoms with van der Waals surface area (Å²) in [6.07, 6.45) is 0.610. The first-order valence-corrected chi connectivity index (χ1v) is 8.91. The van der Waals surface area contributed by atoms with Crippen LogP contribution in [0.3, 0.4) is 0 Å². The standard InChI is InChI=1S/C19H17Cl2N3O2/c1-12(15-8-7-14(20)11-16(15)21)22-17(25)9-10-18-23-19(24-26-18)13-5-3-2-4-6-13/h2-8,11-12H,9-10H2,1H3,(H,22,25). The lowest BCUT2D eigenvalue weighted by atomic mass is 10.1. The topological polar surface area (TPSA) is 68.0 Å². The lowest BCUT2D eigenvalue weighted by Crippen LogP contribution is -2.27. The molecule has 3 rings (SSSR count). The molecule has 3 aromatic rings. The first kappa shape index (κ1) is 18.4. The van der Waals surface area contributed by atoms with Gasteiger partial charge in [-0.1, -0.05) is 64.8 Å². The van der Waals surface area contributed by atoms with Gasteiger partial charge in [0.05, 0.1) is 6.04 Å². The summed E-state index contributed by atoms with van der Waals surface area (Å²) < 4.78 is 5.21. The molecule has 0 radical (unpaired) electrons. The maximum atomic E-state index is 12.2. The van der Waals surface area contributed by atoms with Gasteiger partial charge in [-0.15, -0.1) is 0 Å². The smallest absolute Gasteiger partial charge is 0.227 e. The second-order valence-electron chi connectivity index (χ2n) is 5.83. The van der Waals surface area contributed by atoms with Crippen LogP contribution in [0.15, 0.2) is 53.1 Å². The van der Waals surface area contributed by atoms with Crippen molar-refractivity contribution < 1.29 is 9.32 Å².